The number of hydrogen-bond donors (Lipinski definition) is 1. The average molecular weight is 256 g/mol. The third kappa shape index (κ3) is 2.63. The van der Waals surface area contributed by atoms with E-state index in [1.54, 1.807) is 0 Å². The summed E-state index contributed by atoms with van der Waals surface area (Å²) in [6.07, 6.45) is 2.87. The first kappa shape index (κ1) is 12.0. The van der Waals surface area contributed by atoms with Gasteiger partial charge in [0.15, 0.2) is 0 Å². The molecular formula is C11H13FN2O2S. The summed E-state index contributed by atoms with van der Waals surface area (Å²) in [5, 5.41) is 0. The van der Waals surface area contributed by atoms with Crippen LogP contribution in [0.15, 0.2) is 23.1 Å². The molecule has 0 spiro atoms. The molecular weight excluding hydrogens is 243 g/mol. The minimum absolute atomic E-state index is 0.337. The van der Waals surface area contributed by atoms with Gasteiger partial charge in [-0.05, 0) is 24.6 Å². The van der Waals surface area contributed by atoms with Gasteiger partial charge in [0.2, 0.25) is 0 Å². The standard InChI is InChI=1S/C11H13FN2O2S/c1-2-3-4-11-13-9-6-5-8(17(12,15)16)7-10(9)14-11/h5-7H,2-4H2,1H3,(H,13,14). The average Bonchev–Trinajstić information content (AvgIpc) is 2.66. The molecule has 0 saturated heterocycles. The molecule has 0 atom stereocenters. The second-order valence-electron chi connectivity index (χ2n) is 3.90. The predicted molar refractivity (Wildman–Crippen MR) is 63.0 cm³/mol. The van der Waals surface area contributed by atoms with Crippen LogP contribution in [0.1, 0.15) is 25.6 Å². The van der Waals surface area contributed by atoms with Crippen LogP contribution in [-0.4, -0.2) is 18.4 Å². The van der Waals surface area contributed by atoms with Crippen LogP contribution < -0.4 is 0 Å². The van der Waals surface area contributed by atoms with Gasteiger partial charge in [0.05, 0.1) is 11.0 Å². The molecule has 0 radical (unpaired) electrons. The van der Waals surface area contributed by atoms with Crippen LogP contribution >= 0.6 is 0 Å². The summed E-state index contributed by atoms with van der Waals surface area (Å²) in [4.78, 5) is 6.96. The maximum Gasteiger partial charge on any atom is 0.332 e. The number of imidazole rings is 1. The molecule has 4 nitrogen and oxygen atoms in total. The quantitative estimate of drug-likeness (QED) is 0.855. The number of unbranched alkanes of at least 4 members (excludes halogenated alkanes) is 1. The molecule has 2 aromatic rings. The van der Waals surface area contributed by atoms with Crippen molar-refractivity contribution in [3.63, 3.8) is 0 Å². The van der Waals surface area contributed by atoms with E-state index in [4.69, 9.17) is 0 Å². The van der Waals surface area contributed by atoms with Crippen molar-refractivity contribution in [1.29, 1.82) is 0 Å². The number of aryl methyl sites for hydroxylation is 1. The fourth-order valence-electron chi connectivity index (χ4n) is 1.66. The molecule has 1 aromatic carbocycles. The SMILES string of the molecule is CCCCc1nc2ccc(S(=O)(=O)F)cc2[nH]1. The van der Waals surface area contributed by atoms with Gasteiger partial charge in [-0.1, -0.05) is 13.3 Å². The number of halogens is 1. The van der Waals surface area contributed by atoms with Crippen LogP contribution in [0.4, 0.5) is 3.89 Å². The highest BCUT2D eigenvalue weighted by molar-refractivity contribution is 7.86. The summed E-state index contributed by atoms with van der Waals surface area (Å²) in [5.74, 6) is 0.801. The molecule has 1 aromatic heterocycles. The minimum Gasteiger partial charge on any atom is -0.342 e. The lowest BCUT2D eigenvalue weighted by Crippen LogP contribution is -1.90. The maximum absolute atomic E-state index is 12.8. The molecule has 1 N–H and O–H groups in total. The lowest BCUT2D eigenvalue weighted by Gasteiger charge is -1.93. The number of H-pyrrole nitrogens is 1. The fourth-order valence-corrected chi connectivity index (χ4v) is 2.15. The Bertz CT molecular complexity index is 634. The highest BCUT2D eigenvalue weighted by atomic mass is 32.3. The highest BCUT2D eigenvalue weighted by Gasteiger charge is 2.13. The van der Waals surface area contributed by atoms with Gasteiger partial charge in [0.1, 0.15) is 10.7 Å². The normalized spacial score (nSPS) is 12.1. The van der Waals surface area contributed by atoms with Gasteiger partial charge in [0, 0.05) is 6.42 Å². The van der Waals surface area contributed by atoms with E-state index in [0.29, 0.717) is 11.0 Å². The van der Waals surface area contributed by atoms with Crippen LogP contribution in [0.2, 0.25) is 0 Å². The van der Waals surface area contributed by atoms with E-state index in [-0.39, 0.29) is 4.90 Å². The third-order valence-corrected chi connectivity index (χ3v) is 3.37. The van der Waals surface area contributed by atoms with Gasteiger partial charge in [-0.2, -0.15) is 8.42 Å². The molecule has 0 fully saturated rings. The Morgan fingerprint density at radius 1 is 1.41 bits per heavy atom. The van der Waals surface area contributed by atoms with Gasteiger partial charge in [0.25, 0.3) is 0 Å². The van der Waals surface area contributed by atoms with Crippen molar-refractivity contribution in [2.45, 2.75) is 31.1 Å². The molecule has 6 heteroatoms. The zero-order valence-corrected chi connectivity index (χ0v) is 10.2. The predicted octanol–water partition coefficient (Wildman–Crippen LogP) is 2.56. The zero-order chi connectivity index (χ0) is 12.5. The number of benzene rings is 1. The number of nitrogens with one attached hydrogen (secondary N) is 1. The molecule has 0 aliphatic carbocycles. The maximum atomic E-state index is 12.8. The fraction of sp³-hybridized carbons (Fsp3) is 0.364. The van der Waals surface area contributed by atoms with E-state index in [9.17, 15) is 12.3 Å². The first-order chi connectivity index (χ1) is 8.00. The van der Waals surface area contributed by atoms with Gasteiger partial charge >= 0.3 is 10.2 Å². The number of fused-ring (bicyclic) bond motifs is 1. The third-order valence-electron chi connectivity index (χ3n) is 2.55. The molecule has 0 aliphatic heterocycles. The van der Waals surface area contributed by atoms with Crippen LogP contribution in [0, 0.1) is 0 Å². The number of rotatable bonds is 4. The smallest absolute Gasteiger partial charge is 0.332 e. The molecule has 1 heterocycles. The summed E-state index contributed by atoms with van der Waals surface area (Å²) in [6, 6.07) is 4.00. The first-order valence-corrected chi connectivity index (χ1v) is 6.82. The summed E-state index contributed by atoms with van der Waals surface area (Å²) < 4.78 is 34.3. The highest BCUT2D eigenvalue weighted by Crippen LogP contribution is 2.19. The summed E-state index contributed by atoms with van der Waals surface area (Å²) in [5.41, 5.74) is 1.21. The number of hydrogen-bond acceptors (Lipinski definition) is 3. The Kier molecular flexibility index (Phi) is 3.15. The van der Waals surface area contributed by atoms with Gasteiger partial charge in [-0.25, -0.2) is 4.98 Å². The second-order valence-corrected chi connectivity index (χ2v) is 5.25. The topological polar surface area (TPSA) is 62.8 Å². The Hall–Kier alpha value is -1.43. The zero-order valence-electron chi connectivity index (χ0n) is 9.40. The summed E-state index contributed by atoms with van der Waals surface area (Å²) >= 11 is 0. The van der Waals surface area contributed by atoms with E-state index in [0.717, 1.165) is 25.1 Å². The van der Waals surface area contributed by atoms with Crippen LogP contribution in [0.3, 0.4) is 0 Å². The van der Waals surface area contributed by atoms with Gasteiger partial charge < -0.3 is 4.98 Å². The summed E-state index contributed by atoms with van der Waals surface area (Å²) in [6.45, 7) is 2.08. The van der Waals surface area contributed by atoms with Crippen molar-refractivity contribution < 1.29 is 12.3 Å². The van der Waals surface area contributed by atoms with Crippen molar-refractivity contribution in [1.82, 2.24) is 9.97 Å². The van der Waals surface area contributed by atoms with E-state index in [1.807, 2.05) is 0 Å². The number of aromatic nitrogens is 2. The van der Waals surface area contributed by atoms with Crippen molar-refractivity contribution in [2.75, 3.05) is 0 Å². The van der Waals surface area contributed by atoms with E-state index in [2.05, 4.69) is 16.9 Å². The molecule has 0 amide bonds. The van der Waals surface area contributed by atoms with Crippen molar-refractivity contribution in [3.05, 3.63) is 24.0 Å². The molecule has 0 bridgehead atoms. The lowest BCUT2D eigenvalue weighted by atomic mass is 10.2. The van der Waals surface area contributed by atoms with Crippen LogP contribution in [-0.2, 0) is 16.6 Å². The Morgan fingerprint density at radius 3 is 2.82 bits per heavy atom. The number of nitrogens with zero attached hydrogens (tertiary/aromatic N) is 1. The van der Waals surface area contributed by atoms with E-state index < -0.39 is 10.2 Å². The second kappa shape index (κ2) is 4.44. The largest absolute Gasteiger partial charge is 0.342 e. The van der Waals surface area contributed by atoms with Crippen molar-refractivity contribution in [3.8, 4) is 0 Å². The van der Waals surface area contributed by atoms with Gasteiger partial charge in [-0.3, -0.25) is 0 Å². The van der Waals surface area contributed by atoms with Crippen LogP contribution in [0.25, 0.3) is 11.0 Å². The minimum atomic E-state index is -4.65. The van der Waals surface area contributed by atoms with Crippen LogP contribution in [0.5, 0.6) is 0 Å². The monoisotopic (exact) mass is 256 g/mol. The van der Waals surface area contributed by atoms with E-state index >= 15 is 0 Å². The Morgan fingerprint density at radius 2 is 2.18 bits per heavy atom. The van der Waals surface area contributed by atoms with Gasteiger partial charge in [-0.15, -0.1) is 3.89 Å². The molecule has 2 rings (SSSR count). The Labute approximate surface area is 99.1 Å². The molecule has 0 unspecified atom stereocenters. The lowest BCUT2D eigenvalue weighted by molar-refractivity contribution is 0.552. The number of aromatic amines is 1. The van der Waals surface area contributed by atoms with Crippen molar-refractivity contribution in [2.24, 2.45) is 0 Å². The molecule has 17 heavy (non-hydrogen) atoms. The summed E-state index contributed by atoms with van der Waals surface area (Å²) in [7, 11) is -4.65. The Balaban J connectivity index is 2.41. The first-order valence-electron chi connectivity index (χ1n) is 5.44. The van der Waals surface area contributed by atoms with Crippen molar-refractivity contribution >= 4 is 21.3 Å². The molecule has 0 aliphatic rings. The molecule has 0 saturated carbocycles. The molecule has 92 valence electrons. The van der Waals surface area contributed by atoms with E-state index in [1.165, 1.54) is 18.2 Å².